The van der Waals surface area contributed by atoms with Crippen LogP contribution in [0.1, 0.15) is 46.5 Å². The fourth-order valence-corrected chi connectivity index (χ4v) is 3.37. The summed E-state index contributed by atoms with van der Waals surface area (Å²) in [5.41, 5.74) is 12.6. The van der Waals surface area contributed by atoms with E-state index < -0.39 is 30.3 Å². The third-order valence-electron chi connectivity index (χ3n) is 4.88. The van der Waals surface area contributed by atoms with Gasteiger partial charge in [0.2, 0.25) is 11.8 Å². The molecule has 0 rings (SSSR count). The fraction of sp³-hybridized carbons (Fsp3) is 0.727. The molecule has 11 nitrogen and oxygen atoms in total. The Morgan fingerprint density at radius 2 is 1.86 bits per heavy atom. The molecule has 0 aromatic rings. The molecular weight excluding hydrogens is 553 g/mol. The summed E-state index contributed by atoms with van der Waals surface area (Å²) < 4.78 is 0. The van der Waals surface area contributed by atoms with Crippen LogP contribution in [0.3, 0.4) is 0 Å². The Morgan fingerprint density at radius 1 is 1.26 bits per heavy atom. The van der Waals surface area contributed by atoms with Crippen molar-refractivity contribution in [2.24, 2.45) is 17.6 Å². The van der Waals surface area contributed by atoms with Crippen LogP contribution in [0.25, 0.3) is 5.73 Å². The van der Waals surface area contributed by atoms with Crippen molar-refractivity contribution in [1.82, 2.24) is 10.6 Å². The molecule has 13 heteroatoms. The van der Waals surface area contributed by atoms with Crippen LogP contribution in [-0.2, 0) is 56.8 Å². The Labute approximate surface area is 237 Å². The van der Waals surface area contributed by atoms with Crippen LogP contribution in [0.2, 0.25) is 0 Å². The van der Waals surface area contributed by atoms with Crippen molar-refractivity contribution in [3.63, 3.8) is 0 Å². The average Bonchev–Trinajstić information content (AvgIpc) is 2.80. The van der Waals surface area contributed by atoms with E-state index >= 15 is 0 Å². The van der Waals surface area contributed by atoms with Gasteiger partial charge in [0.15, 0.2) is 5.78 Å². The molecule has 0 saturated heterocycles. The third-order valence-corrected chi connectivity index (χ3v) is 5.93. The van der Waals surface area contributed by atoms with Gasteiger partial charge in [-0.25, -0.2) is 11.5 Å². The van der Waals surface area contributed by atoms with Crippen molar-refractivity contribution in [3.05, 3.63) is 18.1 Å². The maximum absolute atomic E-state index is 12.3. The van der Waals surface area contributed by atoms with Crippen LogP contribution in [0, 0.1) is 11.8 Å². The SMILES string of the molecule is C=C(CSCCC(NC(=O)C([NH-])CC(N)=O)C(=O)CC(C)CO)OO.CCC(C)C([C-]=O)NC.[Y+3]. The van der Waals surface area contributed by atoms with E-state index in [2.05, 4.69) is 29.0 Å². The minimum atomic E-state index is -1.38. The van der Waals surface area contributed by atoms with E-state index in [1.54, 1.807) is 14.0 Å². The Balaban J connectivity index is -0.000000866. The number of nitrogens with two attached hydrogens (primary N) is 1. The minimum Gasteiger partial charge on any atom is -0.666 e. The Morgan fingerprint density at radius 3 is 2.26 bits per heavy atom. The van der Waals surface area contributed by atoms with E-state index in [0.717, 1.165) is 6.42 Å². The summed E-state index contributed by atoms with van der Waals surface area (Å²) in [5.74, 6) is -0.692. The van der Waals surface area contributed by atoms with Gasteiger partial charge in [0, 0.05) is 19.4 Å². The number of aliphatic hydroxyl groups excluding tert-OH is 1. The number of amides is 2. The van der Waals surface area contributed by atoms with Gasteiger partial charge in [-0.1, -0.05) is 45.7 Å². The number of carbonyl (C=O) groups excluding carboxylic acids is 4. The predicted molar refractivity (Wildman–Crippen MR) is 133 cm³/mol. The molecule has 2 amide bonds. The van der Waals surface area contributed by atoms with Gasteiger partial charge in [-0.2, -0.15) is 11.8 Å². The Kier molecular flexibility index (Phi) is 26.0. The number of carbonyl (C=O) groups is 3. The maximum Gasteiger partial charge on any atom is 3.00 e. The molecule has 35 heavy (non-hydrogen) atoms. The normalized spacial score (nSPS) is 14.5. The van der Waals surface area contributed by atoms with Crippen molar-refractivity contribution in [2.45, 2.75) is 64.6 Å². The summed E-state index contributed by atoms with van der Waals surface area (Å²) in [4.78, 5) is 49.2. The molecule has 0 aliphatic carbocycles. The number of Topliss-reactive ketones (excluding diaryl/α,β-unsaturated/α-hetero) is 1. The predicted octanol–water partition coefficient (Wildman–Crippen LogP) is 1.21. The van der Waals surface area contributed by atoms with Gasteiger partial charge < -0.3 is 36.9 Å². The number of primary amides is 1. The van der Waals surface area contributed by atoms with Crippen molar-refractivity contribution in [1.29, 1.82) is 0 Å². The van der Waals surface area contributed by atoms with Gasteiger partial charge >= 0.3 is 32.7 Å². The minimum absolute atomic E-state index is 0. The third kappa shape index (κ3) is 19.9. The van der Waals surface area contributed by atoms with Crippen LogP contribution >= 0.6 is 11.8 Å². The average molecular weight is 594 g/mol. The molecule has 0 saturated carbocycles. The summed E-state index contributed by atoms with van der Waals surface area (Å²) in [6, 6.07) is -2.30. The van der Waals surface area contributed by atoms with Gasteiger partial charge in [-0.15, -0.1) is 0 Å². The fourth-order valence-electron chi connectivity index (χ4n) is 2.54. The first-order valence-electron chi connectivity index (χ1n) is 11.0. The summed E-state index contributed by atoms with van der Waals surface area (Å²) in [6.07, 6.45) is 2.90. The van der Waals surface area contributed by atoms with E-state index in [1.165, 1.54) is 11.8 Å². The second-order valence-electron chi connectivity index (χ2n) is 7.98. The van der Waals surface area contributed by atoms with Crippen molar-refractivity contribution < 1.29 is 67.1 Å². The van der Waals surface area contributed by atoms with Crippen molar-refractivity contribution in [2.75, 3.05) is 25.2 Å². The molecule has 0 aromatic carbocycles. The second kappa shape index (κ2) is 23.5. The number of rotatable bonds is 18. The first-order valence-corrected chi connectivity index (χ1v) is 12.2. The standard InChI is InChI=1S/C15H26N3O6S.C7H14NO.Y/c1-9(7-19)5-13(20)12(3-4-25-8-10(2)24-23)18-15(22)11(16)6-14(17)21;1-4-6(2)7(5-9)8-3;/h9,11-12,16,19,23H,2-8H2,1H3,(H2,17,21)(H,18,22);6-8H,4H2,1-3H3;/q2*-1;+3. The number of nitrogens with one attached hydrogen (secondary N) is 3. The molecule has 0 bridgehead atoms. The topological polar surface area (TPSA) is 192 Å². The van der Waals surface area contributed by atoms with E-state index in [9.17, 15) is 19.2 Å². The number of aliphatic hydroxyl groups is 1. The first-order chi connectivity index (χ1) is 16.0. The smallest absolute Gasteiger partial charge is 0.666 e. The molecule has 0 radical (unpaired) electrons. The van der Waals surface area contributed by atoms with E-state index in [4.69, 9.17) is 21.8 Å². The van der Waals surface area contributed by atoms with Crippen LogP contribution in [0.15, 0.2) is 12.3 Å². The molecule has 7 N–H and O–H groups in total. The van der Waals surface area contributed by atoms with Crippen molar-refractivity contribution >= 4 is 35.6 Å². The Hall–Kier alpha value is -0.886. The molecule has 0 spiro atoms. The first kappa shape index (κ1) is 38.6. The summed E-state index contributed by atoms with van der Waals surface area (Å²) in [7, 11) is 1.78. The van der Waals surface area contributed by atoms with Gasteiger partial charge in [-0.05, 0) is 31.2 Å². The molecular formula is C22H40N4O7SY+. The van der Waals surface area contributed by atoms with Gasteiger partial charge in [0.1, 0.15) is 5.76 Å². The zero-order valence-corrected chi connectivity index (χ0v) is 24.7. The molecule has 5 unspecified atom stereocenters. The molecule has 0 fully saturated rings. The number of hydrogen-bond acceptors (Lipinski definition) is 9. The van der Waals surface area contributed by atoms with Crippen LogP contribution in [0.4, 0.5) is 0 Å². The van der Waals surface area contributed by atoms with E-state index in [1.807, 2.05) is 13.2 Å². The number of hydrogen-bond donors (Lipinski definition) is 5. The van der Waals surface area contributed by atoms with Crippen LogP contribution in [-0.4, -0.2) is 77.5 Å². The molecule has 0 aromatic heterocycles. The van der Waals surface area contributed by atoms with Crippen molar-refractivity contribution in [3.8, 4) is 0 Å². The molecule has 5 atom stereocenters. The quantitative estimate of drug-likeness (QED) is 0.0511. The molecule has 0 heterocycles. The maximum atomic E-state index is 12.3. The van der Waals surface area contributed by atoms with Crippen LogP contribution in [0.5, 0.6) is 0 Å². The number of likely N-dealkylation sites (N-methyl/N-ethyl adjacent to an activating group) is 1. The Bertz CT molecular complexity index is 643. The molecule has 0 aliphatic heterocycles. The monoisotopic (exact) mass is 593 g/mol. The summed E-state index contributed by atoms with van der Waals surface area (Å²) >= 11 is 1.34. The number of ketones is 1. The zero-order valence-electron chi connectivity index (χ0n) is 21.0. The van der Waals surface area contributed by atoms with Crippen LogP contribution < -0.4 is 16.4 Å². The van der Waals surface area contributed by atoms with E-state index in [0.29, 0.717) is 17.4 Å². The van der Waals surface area contributed by atoms with Gasteiger partial charge in [-0.3, -0.25) is 14.4 Å². The van der Waals surface area contributed by atoms with Gasteiger partial charge in [0.05, 0.1) is 11.8 Å². The molecule has 198 valence electrons. The molecule has 0 aliphatic rings. The zero-order chi connectivity index (χ0) is 26.7. The second-order valence-corrected chi connectivity index (χ2v) is 9.09. The summed E-state index contributed by atoms with van der Waals surface area (Å²) in [5, 5.41) is 22.8. The number of thioether (sulfide) groups is 1. The van der Waals surface area contributed by atoms with E-state index in [-0.39, 0.29) is 75.7 Å². The largest absolute Gasteiger partial charge is 3.00 e. The summed E-state index contributed by atoms with van der Waals surface area (Å²) in [6.45, 7) is 9.09. The van der Waals surface area contributed by atoms with Gasteiger partial charge in [0.25, 0.3) is 0 Å².